The van der Waals surface area contributed by atoms with E-state index in [-0.39, 0.29) is 5.91 Å². The largest absolute Gasteiger partial charge is 0.378 e. The molecule has 5 nitrogen and oxygen atoms in total. The van der Waals surface area contributed by atoms with Crippen LogP contribution in [0.4, 0.5) is 11.4 Å². The highest BCUT2D eigenvalue weighted by atomic mass is 16.5. The first kappa shape index (κ1) is 20.7. The third kappa shape index (κ3) is 4.62. The van der Waals surface area contributed by atoms with Crippen LogP contribution in [0.1, 0.15) is 37.0 Å². The van der Waals surface area contributed by atoms with E-state index in [1.807, 2.05) is 17.0 Å². The lowest BCUT2D eigenvalue weighted by Crippen LogP contribution is -2.52. The Bertz CT molecular complexity index is 816. The van der Waals surface area contributed by atoms with E-state index in [4.69, 9.17) is 4.74 Å². The number of amides is 1. The summed E-state index contributed by atoms with van der Waals surface area (Å²) >= 11 is 0. The minimum absolute atomic E-state index is 0.144. The van der Waals surface area contributed by atoms with Gasteiger partial charge in [0.2, 0.25) is 0 Å². The van der Waals surface area contributed by atoms with Crippen LogP contribution in [-0.2, 0) is 4.74 Å². The Morgan fingerprint density at radius 3 is 2.37 bits per heavy atom. The molecule has 2 aliphatic heterocycles. The monoisotopic (exact) mass is 407 g/mol. The molecule has 1 amide bonds. The molecule has 0 spiro atoms. The molecule has 4 rings (SSSR count). The van der Waals surface area contributed by atoms with Gasteiger partial charge < -0.3 is 19.4 Å². The van der Waals surface area contributed by atoms with E-state index in [1.165, 1.54) is 11.4 Å². The van der Waals surface area contributed by atoms with Crippen LogP contribution < -0.4 is 9.80 Å². The van der Waals surface area contributed by atoms with Gasteiger partial charge in [-0.1, -0.05) is 18.2 Å². The van der Waals surface area contributed by atoms with Crippen LogP contribution in [0.25, 0.3) is 0 Å². The Balaban J connectivity index is 1.45. The number of nitrogens with zero attached hydrogens (tertiary/aromatic N) is 3. The molecular weight excluding hydrogens is 374 g/mol. The van der Waals surface area contributed by atoms with Crippen LogP contribution >= 0.6 is 0 Å². The smallest absolute Gasteiger partial charge is 0.253 e. The lowest BCUT2D eigenvalue weighted by molar-refractivity contribution is 0.0703. The van der Waals surface area contributed by atoms with E-state index < -0.39 is 0 Å². The predicted octanol–water partition coefficient (Wildman–Crippen LogP) is 4.04. The molecule has 2 aliphatic rings. The number of carbonyl (C=O) groups is 1. The second-order valence-corrected chi connectivity index (χ2v) is 8.53. The summed E-state index contributed by atoms with van der Waals surface area (Å²) in [5, 5.41) is 0. The molecule has 0 saturated carbocycles. The summed E-state index contributed by atoms with van der Waals surface area (Å²) in [4.78, 5) is 20.1. The fraction of sp³-hybridized carbons (Fsp3) is 0.480. The van der Waals surface area contributed by atoms with Gasteiger partial charge in [-0.3, -0.25) is 4.79 Å². The molecule has 30 heavy (non-hydrogen) atoms. The Kier molecular flexibility index (Phi) is 6.58. The zero-order valence-corrected chi connectivity index (χ0v) is 18.2. The highest BCUT2D eigenvalue weighted by Crippen LogP contribution is 2.26. The topological polar surface area (TPSA) is 36.0 Å². The molecule has 0 bridgehead atoms. The van der Waals surface area contributed by atoms with E-state index >= 15 is 0 Å². The van der Waals surface area contributed by atoms with Crippen LogP contribution in [0.15, 0.2) is 54.6 Å². The fourth-order valence-corrected chi connectivity index (χ4v) is 4.72. The first-order valence-corrected chi connectivity index (χ1v) is 11.2. The van der Waals surface area contributed by atoms with Gasteiger partial charge in [-0.2, -0.15) is 0 Å². The van der Waals surface area contributed by atoms with Crippen LogP contribution in [0.5, 0.6) is 0 Å². The molecule has 1 atom stereocenters. The third-order valence-electron chi connectivity index (χ3n) is 6.18. The predicted molar refractivity (Wildman–Crippen MR) is 122 cm³/mol. The number of morpholine rings is 1. The number of rotatable bonds is 5. The molecule has 0 radical (unpaired) electrons. The van der Waals surface area contributed by atoms with E-state index in [9.17, 15) is 4.79 Å². The highest BCUT2D eigenvalue weighted by Gasteiger charge is 2.30. The van der Waals surface area contributed by atoms with Crippen molar-refractivity contribution in [2.75, 3.05) is 49.2 Å². The maximum atomic E-state index is 13.2. The number of para-hydroxylation sites is 1. The number of hydrogen-bond acceptors (Lipinski definition) is 4. The molecule has 2 heterocycles. The summed E-state index contributed by atoms with van der Waals surface area (Å²) in [5.41, 5.74) is 3.19. The molecule has 2 saturated heterocycles. The third-order valence-corrected chi connectivity index (χ3v) is 6.18. The molecule has 0 unspecified atom stereocenters. The Hall–Kier alpha value is -2.53. The number of carbonyl (C=O) groups excluding carboxylic acids is 1. The molecular formula is C25H33N3O2. The van der Waals surface area contributed by atoms with Gasteiger partial charge in [-0.05, 0) is 63.1 Å². The zero-order chi connectivity index (χ0) is 20.9. The number of hydrogen-bond donors (Lipinski definition) is 0. The number of piperidine rings is 1. The van der Waals surface area contributed by atoms with Crippen molar-refractivity contribution in [2.45, 2.75) is 38.8 Å². The van der Waals surface area contributed by atoms with Crippen LogP contribution in [0.3, 0.4) is 0 Å². The van der Waals surface area contributed by atoms with Crippen molar-refractivity contribution in [1.29, 1.82) is 0 Å². The lowest BCUT2D eigenvalue weighted by Gasteiger charge is -2.43. The summed E-state index contributed by atoms with van der Waals surface area (Å²) < 4.78 is 5.43. The maximum absolute atomic E-state index is 13.2. The summed E-state index contributed by atoms with van der Waals surface area (Å²) in [7, 11) is 0. The van der Waals surface area contributed by atoms with Crippen molar-refractivity contribution in [3.8, 4) is 0 Å². The molecule has 2 fully saturated rings. The average Bonchev–Trinajstić information content (AvgIpc) is 2.80. The molecule has 2 aromatic rings. The van der Waals surface area contributed by atoms with Gasteiger partial charge in [0.25, 0.3) is 5.91 Å². The Labute approximate surface area is 180 Å². The first-order chi connectivity index (χ1) is 14.6. The highest BCUT2D eigenvalue weighted by molar-refractivity contribution is 5.94. The van der Waals surface area contributed by atoms with Gasteiger partial charge in [0.15, 0.2) is 0 Å². The fourth-order valence-electron chi connectivity index (χ4n) is 4.72. The standard InChI is InChI=1S/C25H33N3O2/c1-20(2)28(23-7-4-3-5-8-23)24-9-6-14-27(19-24)25(29)21-10-12-22(13-11-21)26-15-17-30-18-16-26/h3-5,7-8,10-13,20,24H,6,9,14-19H2,1-2H3/t24-/m1/s1. The average molecular weight is 408 g/mol. The van der Waals surface area contributed by atoms with Crippen molar-refractivity contribution in [2.24, 2.45) is 0 Å². The summed E-state index contributed by atoms with van der Waals surface area (Å²) in [5.74, 6) is 0.144. The Morgan fingerprint density at radius 2 is 1.70 bits per heavy atom. The molecule has 2 aromatic carbocycles. The zero-order valence-electron chi connectivity index (χ0n) is 18.2. The van der Waals surface area contributed by atoms with E-state index in [0.717, 1.165) is 57.8 Å². The molecule has 160 valence electrons. The molecule has 0 aliphatic carbocycles. The molecule has 0 aromatic heterocycles. The quantitative estimate of drug-likeness (QED) is 0.749. The van der Waals surface area contributed by atoms with Crippen LogP contribution in [0, 0.1) is 0 Å². The van der Waals surface area contributed by atoms with Crippen LogP contribution in [0.2, 0.25) is 0 Å². The second-order valence-electron chi connectivity index (χ2n) is 8.53. The summed E-state index contributed by atoms with van der Waals surface area (Å²) in [6.45, 7) is 9.43. The second kappa shape index (κ2) is 9.52. The maximum Gasteiger partial charge on any atom is 0.253 e. The van der Waals surface area contributed by atoms with Gasteiger partial charge in [0.1, 0.15) is 0 Å². The van der Waals surface area contributed by atoms with Crippen molar-refractivity contribution in [3.63, 3.8) is 0 Å². The van der Waals surface area contributed by atoms with Crippen LogP contribution in [-0.4, -0.2) is 62.3 Å². The van der Waals surface area contributed by atoms with E-state index in [0.29, 0.717) is 12.1 Å². The minimum atomic E-state index is 0.144. The summed E-state index contributed by atoms with van der Waals surface area (Å²) in [6, 6.07) is 19.4. The van der Waals surface area contributed by atoms with Crippen molar-refractivity contribution in [1.82, 2.24) is 4.90 Å². The van der Waals surface area contributed by atoms with Crippen molar-refractivity contribution < 1.29 is 9.53 Å². The summed E-state index contributed by atoms with van der Waals surface area (Å²) in [6.07, 6.45) is 2.16. The minimum Gasteiger partial charge on any atom is -0.378 e. The number of ether oxygens (including phenoxy) is 1. The first-order valence-electron chi connectivity index (χ1n) is 11.2. The van der Waals surface area contributed by atoms with Gasteiger partial charge in [0.05, 0.1) is 13.2 Å². The molecule has 0 N–H and O–H groups in total. The SMILES string of the molecule is CC(C)N(c1ccccc1)[C@@H]1CCCN(C(=O)c2ccc(N3CCOCC3)cc2)C1. The van der Waals surface area contributed by atoms with Gasteiger partial charge in [-0.25, -0.2) is 0 Å². The lowest BCUT2D eigenvalue weighted by atomic mass is 10.0. The Morgan fingerprint density at radius 1 is 1.00 bits per heavy atom. The van der Waals surface area contributed by atoms with Crippen molar-refractivity contribution in [3.05, 3.63) is 60.2 Å². The van der Waals surface area contributed by atoms with E-state index in [2.05, 4.69) is 66.1 Å². The normalized spacial score (nSPS) is 19.8. The van der Waals surface area contributed by atoms with Gasteiger partial charge in [0, 0.05) is 55.2 Å². The number of benzene rings is 2. The van der Waals surface area contributed by atoms with Crippen molar-refractivity contribution >= 4 is 17.3 Å². The number of likely N-dealkylation sites (tertiary alicyclic amines) is 1. The molecule has 5 heteroatoms. The van der Waals surface area contributed by atoms with Gasteiger partial charge >= 0.3 is 0 Å². The van der Waals surface area contributed by atoms with E-state index in [1.54, 1.807) is 0 Å². The van der Waals surface area contributed by atoms with Gasteiger partial charge in [-0.15, -0.1) is 0 Å². The number of anilines is 2.